The van der Waals surface area contributed by atoms with Crippen molar-refractivity contribution in [2.45, 2.75) is 13.8 Å². The van der Waals surface area contributed by atoms with E-state index in [0.717, 1.165) is 5.92 Å². The summed E-state index contributed by atoms with van der Waals surface area (Å²) in [6, 6.07) is 0. The largest absolute Gasteiger partial charge is 0.0778 e. The van der Waals surface area contributed by atoms with Crippen LogP contribution in [0.1, 0.15) is 13.8 Å². The first-order chi connectivity index (χ1) is 3.72. The van der Waals surface area contributed by atoms with Crippen molar-refractivity contribution in [3.05, 3.63) is 22.9 Å². The molecule has 1 heteroatoms. The Balaban J connectivity index is 2.85. The van der Waals surface area contributed by atoms with Gasteiger partial charge < -0.3 is 0 Å². The standard InChI is InChI=1S/C7H12Si/c1-5-3-4-7(8)6(5)2/h3-5H,1-2,8H3. The van der Waals surface area contributed by atoms with Gasteiger partial charge in [0, 0.05) is 10.2 Å². The molecule has 0 aromatic carbocycles. The second-order valence-electron chi connectivity index (χ2n) is 2.51. The number of hydrogen-bond donors (Lipinski definition) is 0. The van der Waals surface area contributed by atoms with Crippen molar-refractivity contribution < 1.29 is 0 Å². The molecule has 0 aromatic rings. The highest BCUT2D eigenvalue weighted by Crippen LogP contribution is 2.21. The molecule has 0 spiro atoms. The van der Waals surface area contributed by atoms with Gasteiger partial charge in [0.05, 0.1) is 0 Å². The Morgan fingerprint density at radius 3 is 2.38 bits per heavy atom. The fourth-order valence-electron chi connectivity index (χ4n) is 0.924. The monoisotopic (exact) mass is 124 g/mol. The summed E-state index contributed by atoms with van der Waals surface area (Å²) in [6.45, 7) is 4.48. The van der Waals surface area contributed by atoms with Gasteiger partial charge in [0.1, 0.15) is 0 Å². The van der Waals surface area contributed by atoms with E-state index in [1.165, 1.54) is 10.2 Å². The van der Waals surface area contributed by atoms with Gasteiger partial charge in [0.2, 0.25) is 0 Å². The van der Waals surface area contributed by atoms with Crippen LogP contribution in [0.2, 0.25) is 0 Å². The predicted octanol–water partition coefficient (Wildman–Crippen LogP) is 0.832. The van der Waals surface area contributed by atoms with Gasteiger partial charge in [-0.2, -0.15) is 0 Å². The van der Waals surface area contributed by atoms with Crippen LogP contribution >= 0.6 is 0 Å². The Labute approximate surface area is 53.7 Å². The minimum Gasteiger partial charge on any atom is -0.0778 e. The first kappa shape index (κ1) is 5.83. The topological polar surface area (TPSA) is 0 Å². The SMILES string of the molecule is CC1=C([SiH3])C=CC1C. The predicted molar refractivity (Wildman–Crippen MR) is 40.9 cm³/mol. The first-order valence-corrected chi connectivity index (χ1v) is 4.07. The van der Waals surface area contributed by atoms with Crippen molar-refractivity contribution in [1.29, 1.82) is 0 Å². The lowest BCUT2D eigenvalue weighted by Crippen LogP contribution is -1.87. The molecular formula is C7H12Si. The van der Waals surface area contributed by atoms with Crippen molar-refractivity contribution in [3.8, 4) is 0 Å². The van der Waals surface area contributed by atoms with Gasteiger partial charge in [-0.15, -0.1) is 0 Å². The average Bonchev–Trinajstić information content (AvgIpc) is 1.98. The summed E-state index contributed by atoms with van der Waals surface area (Å²) in [4.78, 5) is 0. The number of rotatable bonds is 0. The molecule has 44 valence electrons. The molecule has 0 amide bonds. The van der Waals surface area contributed by atoms with Crippen LogP contribution in [0.4, 0.5) is 0 Å². The Bertz CT molecular complexity index is 154. The molecule has 1 aliphatic rings. The van der Waals surface area contributed by atoms with Crippen molar-refractivity contribution in [2.75, 3.05) is 0 Å². The van der Waals surface area contributed by atoms with Crippen molar-refractivity contribution >= 4 is 10.2 Å². The minimum atomic E-state index is 0.725. The summed E-state index contributed by atoms with van der Waals surface area (Å²) in [5.41, 5.74) is 1.58. The molecule has 0 fully saturated rings. The maximum atomic E-state index is 2.28. The zero-order valence-corrected chi connectivity index (χ0v) is 7.73. The second kappa shape index (κ2) is 1.90. The zero-order chi connectivity index (χ0) is 6.15. The Kier molecular flexibility index (Phi) is 1.38. The van der Waals surface area contributed by atoms with Crippen LogP contribution in [-0.2, 0) is 0 Å². The van der Waals surface area contributed by atoms with E-state index in [2.05, 4.69) is 26.0 Å². The summed E-state index contributed by atoms with van der Waals surface area (Å²) < 4.78 is 0. The molecule has 0 bridgehead atoms. The maximum absolute atomic E-state index is 2.28. The van der Waals surface area contributed by atoms with E-state index in [9.17, 15) is 0 Å². The normalized spacial score (nSPS) is 28.0. The van der Waals surface area contributed by atoms with E-state index in [4.69, 9.17) is 0 Å². The lowest BCUT2D eigenvalue weighted by Gasteiger charge is -1.99. The molecule has 8 heavy (non-hydrogen) atoms. The maximum Gasteiger partial charge on any atom is 0.0384 e. The van der Waals surface area contributed by atoms with E-state index in [1.54, 1.807) is 10.8 Å². The Morgan fingerprint density at radius 2 is 2.25 bits per heavy atom. The fraction of sp³-hybridized carbons (Fsp3) is 0.429. The van der Waals surface area contributed by atoms with Crippen molar-refractivity contribution in [2.24, 2.45) is 5.92 Å². The van der Waals surface area contributed by atoms with Gasteiger partial charge in [-0.05, 0) is 12.8 Å². The van der Waals surface area contributed by atoms with Crippen LogP contribution in [0, 0.1) is 5.92 Å². The van der Waals surface area contributed by atoms with Crippen molar-refractivity contribution in [1.82, 2.24) is 0 Å². The van der Waals surface area contributed by atoms with E-state index >= 15 is 0 Å². The third-order valence-electron chi connectivity index (χ3n) is 1.94. The summed E-state index contributed by atoms with van der Waals surface area (Å²) in [5, 5.41) is 1.58. The van der Waals surface area contributed by atoms with Gasteiger partial charge in [0.15, 0.2) is 0 Å². The molecule has 0 aliphatic heterocycles. The highest BCUT2D eigenvalue weighted by Gasteiger charge is 2.06. The summed E-state index contributed by atoms with van der Waals surface area (Å²) in [6.07, 6.45) is 4.53. The van der Waals surface area contributed by atoms with Crippen LogP contribution in [0.5, 0.6) is 0 Å². The van der Waals surface area contributed by atoms with Gasteiger partial charge in [-0.3, -0.25) is 0 Å². The third kappa shape index (κ3) is 0.780. The molecule has 1 rings (SSSR count). The summed E-state index contributed by atoms with van der Waals surface area (Å²) in [5.74, 6) is 0.725. The van der Waals surface area contributed by atoms with Crippen LogP contribution in [0.15, 0.2) is 22.9 Å². The molecule has 0 N–H and O–H groups in total. The molecule has 0 radical (unpaired) electrons. The number of allylic oxidation sites excluding steroid dienone is 4. The molecule has 0 saturated carbocycles. The number of hydrogen-bond acceptors (Lipinski definition) is 0. The third-order valence-corrected chi connectivity index (χ3v) is 3.06. The molecule has 0 nitrogen and oxygen atoms in total. The summed E-state index contributed by atoms with van der Waals surface area (Å²) >= 11 is 0. The molecule has 0 heterocycles. The van der Waals surface area contributed by atoms with Gasteiger partial charge in [-0.25, -0.2) is 0 Å². The molecular weight excluding hydrogens is 112 g/mol. The average molecular weight is 124 g/mol. The zero-order valence-electron chi connectivity index (χ0n) is 5.73. The Morgan fingerprint density at radius 1 is 1.62 bits per heavy atom. The minimum absolute atomic E-state index is 0.725. The second-order valence-corrected chi connectivity index (χ2v) is 3.59. The highest BCUT2D eigenvalue weighted by molar-refractivity contribution is 6.24. The lowest BCUT2D eigenvalue weighted by atomic mass is 10.1. The van der Waals surface area contributed by atoms with Gasteiger partial charge in [0.25, 0.3) is 0 Å². The van der Waals surface area contributed by atoms with Crippen LogP contribution < -0.4 is 0 Å². The Hall–Kier alpha value is -0.303. The van der Waals surface area contributed by atoms with Crippen LogP contribution in [0.3, 0.4) is 0 Å². The molecule has 0 saturated heterocycles. The summed E-state index contributed by atoms with van der Waals surface area (Å²) in [7, 11) is 1.22. The quantitative estimate of drug-likeness (QED) is 0.420. The highest BCUT2D eigenvalue weighted by atomic mass is 28.1. The van der Waals surface area contributed by atoms with E-state index in [1.807, 2.05) is 0 Å². The molecule has 1 atom stereocenters. The van der Waals surface area contributed by atoms with E-state index in [-0.39, 0.29) is 0 Å². The van der Waals surface area contributed by atoms with Crippen LogP contribution in [-0.4, -0.2) is 10.2 Å². The van der Waals surface area contributed by atoms with E-state index in [0.29, 0.717) is 0 Å². The molecule has 1 unspecified atom stereocenters. The molecule has 1 aliphatic carbocycles. The lowest BCUT2D eigenvalue weighted by molar-refractivity contribution is 0.880. The first-order valence-electron chi connectivity index (χ1n) is 3.07. The van der Waals surface area contributed by atoms with Crippen LogP contribution in [0.25, 0.3) is 0 Å². The smallest absolute Gasteiger partial charge is 0.0384 e. The van der Waals surface area contributed by atoms with Gasteiger partial charge in [-0.1, -0.05) is 29.8 Å². The fourth-order valence-corrected chi connectivity index (χ4v) is 1.57. The van der Waals surface area contributed by atoms with Gasteiger partial charge >= 0.3 is 0 Å². The van der Waals surface area contributed by atoms with E-state index < -0.39 is 0 Å². The van der Waals surface area contributed by atoms with Crippen molar-refractivity contribution in [3.63, 3.8) is 0 Å². The molecule has 0 aromatic heterocycles.